The van der Waals surface area contributed by atoms with E-state index in [2.05, 4.69) is 0 Å². The summed E-state index contributed by atoms with van der Waals surface area (Å²) >= 11 is 0. The summed E-state index contributed by atoms with van der Waals surface area (Å²) in [5, 5.41) is 0. The molecule has 1 heterocycles. The zero-order chi connectivity index (χ0) is 14.5. The van der Waals surface area contributed by atoms with Crippen LogP contribution in [0.2, 0.25) is 0 Å². The van der Waals surface area contributed by atoms with Gasteiger partial charge in [0.1, 0.15) is 0 Å². The van der Waals surface area contributed by atoms with Crippen LogP contribution in [-0.2, 0) is 9.59 Å². The lowest BCUT2D eigenvalue weighted by molar-refractivity contribution is -0.135. The molecule has 1 aliphatic heterocycles. The molecule has 2 atom stereocenters. The van der Waals surface area contributed by atoms with Crippen molar-refractivity contribution >= 4 is 11.8 Å². The van der Waals surface area contributed by atoms with Crippen molar-refractivity contribution in [2.75, 3.05) is 13.1 Å². The van der Waals surface area contributed by atoms with E-state index in [1.54, 1.807) is 4.90 Å². The minimum atomic E-state index is -0.324. The molecule has 108 valence electrons. The van der Waals surface area contributed by atoms with Crippen LogP contribution in [0.15, 0.2) is 30.3 Å². The first-order valence-electron chi connectivity index (χ1n) is 6.95. The predicted molar refractivity (Wildman–Crippen MR) is 76.5 cm³/mol. The van der Waals surface area contributed by atoms with Gasteiger partial charge in [0.05, 0.1) is 5.92 Å². The Labute approximate surface area is 118 Å². The Bertz CT molecular complexity index is 475. The summed E-state index contributed by atoms with van der Waals surface area (Å²) in [5.41, 5.74) is 12.3. The van der Waals surface area contributed by atoms with Gasteiger partial charge in [0, 0.05) is 25.6 Å². The fourth-order valence-electron chi connectivity index (χ4n) is 2.57. The molecule has 2 amide bonds. The second kappa shape index (κ2) is 6.52. The summed E-state index contributed by atoms with van der Waals surface area (Å²) in [5.74, 6) is -0.553. The molecule has 1 aromatic carbocycles. The predicted octanol–water partition coefficient (Wildman–Crippen LogP) is 0.800. The average Bonchev–Trinajstić information content (AvgIpc) is 2.48. The number of carbonyl (C=O) groups excluding carboxylic acids is 2. The lowest BCUT2D eigenvalue weighted by atomic mass is 9.96. The SMILES string of the molecule is NC(=O)C1CCCN(C(=O)CC(N)c2ccccc2)C1. The summed E-state index contributed by atoms with van der Waals surface area (Å²) < 4.78 is 0. The van der Waals surface area contributed by atoms with Crippen LogP contribution in [0.25, 0.3) is 0 Å². The average molecular weight is 275 g/mol. The normalized spacial score (nSPS) is 20.4. The van der Waals surface area contributed by atoms with E-state index in [0.29, 0.717) is 13.1 Å². The smallest absolute Gasteiger partial charge is 0.224 e. The van der Waals surface area contributed by atoms with Crippen LogP contribution in [-0.4, -0.2) is 29.8 Å². The molecule has 2 unspecified atom stereocenters. The highest BCUT2D eigenvalue weighted by molar-refractivity contribution is 5.80. The van der Waals surface area contributed by atoms with Gasteiger partial charge in [0.15, 0.2) is 0 Å². The van der Waals surface area contributed by atoms with Gasteiger partial charge in [-0.05, 0) is 18.4 Å². The van der Waals surface area contributed by atoms with Crippen LogP contribution < -0.4 is 11.5 Å². The minimum absolute atomic E-state index is 0.00713. The van der Waals surface area contributed by atoms with E-state index < -0.39 is 0 Å². The van der Waals surface area contributed by atoms with Crippen LogP contribution in [0.4, 0.5) is 0 Å². The van der Waals surface area contributed by atoms with Crippen molar-refractivity contribution in [3.63, 3.8) is 0 Å². The number of carbonyl (C=O) groups is 2. The van der Waals surface area contributed by atoms with Crippen molar-refractivity contribution in [2.45, 2.75) is 25.3 Å². The molecule has 0 aromatic heterocycles. The van der Waals surface area contributed by atoms with E-state index >= 15 is 0 Å². The molecule has 5 heteroatoms. The molecule has 0 spiro atoms. The van der Waals surface area contributed by atoms with Crippen LogP contribution in [0.5, 0.6) is 0 Å². The molecular weight excluding hydrogens is 254 g/mol. The van der Waals surface area contributed by atoms with Crippen molar-refractivity contribution in [1.82, 2.24) is 4.90 Å². The van der Waals surface area contributed by atoms with Crippen molar-refractivity contribution in [1.29, 1.82) is 0 Å². The van der Waals surface area contributed by atoms with Gasteiger partial charge in [-0.3, -0.25) is 9.59 Å². The number of likely N-dealkylation sites (tertiary alicyclic amines) is 1. The molecule has 0 bridgehead atoms. The standard InChI is InChI=1S/C15H21N3O2/c16-13(11-5-2-1-3-6-11)9-14(19)18-8-4-7-12(10-18)15(17)20/h1-3,5-6,12-13H,4,7-10,16H2,(H2,17,20). The zero-order valence-corrected chi connectivity index (χ0v) is 11.5. The third kappa shape index (κ3) is 3.57. The fourth-order valence-corrected chi connectivity index (χ4v) is 2.57. The lowest BCUT2D eigenvalue weighted by Crippen LogP contribution is -2.44. The molecule has 1 aliphatic rings. The largest absolute Gasteiger partial charge is 0.369 e. The topological polar surface area (TPSA) is 89.4 Å². The Kier molecular flexibility index (Phi) is 4.74. The number of nitrogens with two attached hydrogens (primary N) is 2. The molecule has 2 rings (SSSR count). The number of rotatable bonds is 4. The maximum atomic E-state index is 12.2. The molecule has 1 aromatic rings. The highest BCUT2D eigenvalue weighted by Gasteiger charge is 2.27. The van der Waals surface area contributed by atoms with E-state index in [-0.39, 0.29) is 30.2 Å². The third-order valence-electron chi connectivity index (χ3n) is 3.80. The van der Waals surface area contributed by atoms with Crippen LogP contribution in [0, 0.1) is 5.92 Å². The monoisotopic (exact) mass is 275 g/mol. The quantitative estimate of drug-likeness (QED) is 0.851. The Morgan fingerprint density at radius 1 is 1.30 bits per heavy atom. The summed E-state index contributed by atoms with van der Waals surface area (Å²) in [4.78, 5) is 25.2. The second-order valence-electron chi connectivity index (χ2n) is 5.30. The molecule has 0 saturated carbocycles. The zero-order valence-electron chi connectivity index (χ0n) is 11.5. The molecule has 1 saturated heterocycles. The van der Waals surface area contributed by atoms with Crippen LogP contribution in [0.1, 0.15) is 30.9 Å². The highest BCUT2D eigenvalue weighted by atomic mass is 16.2. The van der Waals surface area contributed by atoms with E-state index in [9.17, 15) is 9.59 Å². The summed E-state index contributed by atoms with van der Waals surface area (Å²) in [6.07, 6.45) is 1.85. The van der Waals surface area contributed by atoms with Gasteiger partial charge in [0.2, 0.25) is 11.8 Å². The molecular formula is C15H21N3O2. The number of hydrogen-bond acceptors (Lipinski definition) is 3. The summed E-state index contributed by atoms with van der Waals surface area (Å²) in [7, 11) is 0. The first-order valence-corrected chi connectivity index (χ1v) is 6.95. The molecule has 1 fully saturated rings. The van der Waals surface area contributed by atoms with Gasteiger partial charge in [-0.15, -0.1) is 0 Å². The van der Waals surface area contributed by atoms with Gasteiger partial charge in [-0.1, -0.05) is 30.3 Å². The van der Waals surface area contributed by atoms with Crippen LogP contribution in [0.3, 0.4) is 0 Å². The van der Waals surface area contributed by atoms with Gasteiger partial charge < -0.3 is 16.4 Å². The van der Waals surface area contributed by atoms with Crippen molar-refractivity contribution in [2.24, 2.45) is 17.4 Å². The maximum absolute atomic E-state index is 12.2. The van der Waals surface area contributed by atoms with E-state index in [0.717, 1.165) is 18.4 Å². The minimum Gasteiger partial charge on any atom is -0.369 e. The first-order chi connectivity index (χ1) is 9.58. The summed E-state index contributed by atoms with van der Waals surface area (Å²) in [6, 6.07) is 9.26. The van der Waals surface area contributed by atoms with Gasteiger partial charge in [0.25, 0.3) is 0 Å². The Morgan fingerprint density at radius 3 is 2.65 bits per heavy atom. The van der Waals surface area contributed by atoms with Gasteiger partial charge in [-0.2, -0.15) is 0 Å². The number of benzene rings is 1. The van der Waals surface area contributed by atoms with E-state index in [1.807, 2.05) is 30.3 Å². The van der Waals surface area contributed by atoms with Crippen molar-refractivity contribution in [3.8, 4) is 0 Å². The second-order valence-corrected chi connectivity index (χ2v) is 5.30. The molecule has 4 N–H and O–H groups in total. The number of amides is 2. The van der Waals surface area contributed by atoms with Crippen LogP contribution >= 0.6 is 0 Å². The number of nitrogens with zero attached hydrogens (tertiary/aromatic N) is 1. The molecule has 20 heavy (non-hydrogen) atoms. The van der Waals surface area contributed by atoms with Gasteiger partial charge in [-0.25, -0.2) is 0 Å². The lowest BCUT2D eigenvalue weighted by Gasteiger charge is -2.32. The fraction of sp³-hybridized carbons (Fsp3) is 0.467. The Morgan fingerprint density at radius 2 is 2.00 bits per heavy atom. The highest BCUT2D eigenvalue weighted by Crippen LogP contribution is 2.20. The summed E-state index contributed by atoms with van der Waals surface area (Å²) in [6.45, 7) is 1.11. The van der Waals surface area contributed by atoms with Crippen molar-refractivity contribution in [3.05, 3.63) is 35.9 Å². The Hall–Kier alpha value is -1.88. The van der Waals surface area contributed by atoms with Crippen molar-refractivity contribution < 1.29 is 9.59 Å². The first kappa shape index (κ1) is 14.5. The number of primary amides is 1. The third-order valence-corrected chi connectivity index (χ3v) is 3.80. The molecule has 5 nitrogen and oxygen atoms in total. The number of piperidine rings is 1. The molecule has 0 radical (unpaired) electrons. The van der Waals surface area contributed by atoms with Gasteiger partial charge >= 0.3 is 0 Å². The number of hydrogen-bond donors (Lipinski definition) is 2. The van der Waals surface area contributed by atoms with E-state index in [4.69, 9.17) is 11.5 Å². The van der Waals surface area contributed by atoms with E-state index in [1.165, 1.54) is 0 Å². The maximum Gasteiger partial charge on any atom is 0.224 e. The molecule has 0 aliphatic carbocycles. The Balaban J connectivity index is 1.93.